The number of carbonyl (C=O) groups is 1. The van der Waals surface area contributed by atoms with Crippen molar-refractivity contribution in [2.45, 2.75) is 13.1 Å². The Morgan fingerprint density at radius 2 is 1.85 bits per heavy atom. The molecule has 39 heavy (non-hydrogen) atoms. The number of halogens is 4. The molecule has 1 fully saturated rings. The van der Waals surface area contributed by atoms with Crippen LogP contribution in [0.4, 0.5) is 30.2 Å². The predicted octanol–water partition coefficient (Wildman–Crippen LogP) is 4.21. The topological polar surface area (TPSA) is 114 Å². The number of likely N-dealkylation sites (N-methyl/N-ethyl adjacent to an activating group) is 1. The molecule has 2 aromatic heterocycles. The molecule has 13 heteroatoms. The van der Waals surface area contributed by atoms with E-state index in [4.69, 9.17) is 22.9 Å². The predicted molar refractivity (Wildman–Crippen MR) is 146 cm³/mol. The van der Waals surface area contributed by atoms with Crippen molar-refractivity contribution < 1.29 is 18.0 Å². The van der Waals surface area contributed by atoms with Gasteiger partial charge in [-0.05, 0) is 44.3 Å². The maximum absolute atomic E-state index is 13.2. The molecule has 1 amide bonds. The first kappa shape index (κ1) is 28.3. The molecule has 206 valence electrons. The highest BCUT2D eigenvalue weighted by atomic mass is 35.5. The molecule has 0 saturated carbocycles. The Hall–Kier alpha value is -3.74. The summed E-state index contributed by atoms with van der Waals surface area (Å²) in [5.41, 5.74) is 1.63. The van der Waals surface area contributed by atoms with Gasteiger partial charge in [-0.15, -0.1) is 0 Å². The third-order valence-corrected chi connectivity index (χ3v) is 6.76. The minimum absolute atomic E-state index is 0.00753. The van der Waals surface area contributed by atoms with Crippen molar-refractivity contribution in [1.29, 1.82) is 5.41 Å². The second kappa shape index (κ2) is 11.6. The summed E-state index contributed by atoms with van der Waals surface area (Å²) in [6.45, 7) is 5.32. The van der Waals surface area contributed by atoms with Gasteiger partial charge in [-0.3, -0.25) is 14.8 Å². The number of benzene rings is 1. The second-order valence-electron chi connectivity index (χ2n) is 9.30. The van der Waals surface area contributed by atoms with Crippen LogP contribution in [0.2, 0.25) is 5.02 Å². The van der Waals surface area contributed by atoms with Crippen molar-refractivity contribution in [2.24, 2.45) is 5.84 Å². The first-order valence-electron chi connectivity index (χ1n) is 12.1. The van der Waals surface area contributed by atoms with Gasteiger partial charge in [0.2, 0.25) is 0 Å². The van der Waals surface area contributed by atoms with Gasteiger partial charge in [0.15, 0.2) is 0 Å². The highest BCUT2D eigenvalue weighted by Gasteiger charge is 2.33. The van der Waals surface area contributed by atoms with Crippen LogP contribution in [-0.4, -0.2) is 66.3 Å². The van der Waals surface area contributed by atoms with Crippen LogP contribution in [0.15, 0.2) is 48.9 Å². The molecule has 9 nitrogen and oxygen atoms in total. The number of nitrogens with one attached hydrogen (secondary N) is 2. The number of carbonyl (C=O) groups excluding carboxylic acids is 1. The largest absolute Gasteiger partial charge is 0.417 e. The lowest BCUT2D eigenvalue weighted by molar-refractivity contribution is -0.137. The number of hydrogen-bond acceptors (Lipinski definition) is 8. The molecule has 0 aliphatic carbocycles. The smallest absolute Gasteiger partial charge is 0.368 e. The maximum atomic E-state index is 13.2. The van der Waals surface area contributed by atoms with E-state index in [-0.39, 0.29) is 23.5 Å². The summed E-state index contributed by atoms with van der Waals surface area (Å²) >= 11 is 5.66. The van der Waals surface area contributed by atoms with E-state index in [2.05, 4.69) is 32.1 Å². The minimum atomic E-state index is -4.67. The summed E-state index contributed by atoms with van der Waals surface area (Å²) in [4.78, 5) is 25.8. The lowest BCUT2D eigenvalue weighted by Crippen LogP contribution is -2.44. The zero-order valence-electron chi connectivity index (χ0n) is 21.4. The fourth-order valence-electron chi connectivity index (χ4n) is 4.14. The van der Waals surface area contributed by atoms with Crippen molar-refractivity contribution >= 4 is 40.3 Å². The molecule has 3 heterocycles. The van der Waals surface area contributed by atoms with Gasteiger partial charge >= 0.3 is 6.18 Å². The Bertz CT molecular complexity index is 1380. The van der Waals surface area contributed by atoms with Crippen LogP contribution in [0.5, 0.6) is 0 Å². The zero-order chi connectivity index (χ0) is 28.3. The van der Waals surface area contributed by atoms with Crippen LogP contribution < -0.4 is 21.1 Å². The van der Waals surface area contributed by atoms with Crippen LogP contribution in [0.3, 0.4) is 0 Å². The number of amides is 1. The van der Waals surface area contributed by atoms with E-state index >= 15 is 0 Å². The first-order chi connectivity index (χ1) is 18.4. The van der Waals surface area contributed by atoms with E-state index in [9.17, 15) is 18.0 Å². The number of pyridine rings is 2. The Morgan fingerprint density at radius 1 is 1.13 bits per heavy atom. The van der Waals surface area contributed by atoms with Crippen molar-refractivity contribution in [3.8, 4) is 0 Å². The van der Waals surface area contributed by atoms with Crippen LogP contribution in [0.1, 0.15) is 27.2 Å². The fourth-order valence-corrected chi connectivity index (χ4v) is 4.36. The number of nitrogens with zero attached hydrogens (tertiary/aromatic N) is 5. The van der Waals surface area contributed by atoms with Crippen molar-refractivity contribution in [2.75, 3.05) is 55.0 Å². The molecule has 0 bridgehead atoms. The van der Waals surface area contributed by atoms with Crippen LogP contribution in [-0.2, 0) is 6.18 Å². The molecule has 0 atom stereocenters. The van der Waals surface area contributed by atoms with Crippen LogP contribution in [0.25, 0.3) is 0 Å². The fraction of sp³-hybridized carbons (Fsp3) is 0.308. The number of nitrogens with two attached hydrogens (primary N) is 1. The summed E-state index contributed by atoms with van der Waals surface area (Å²) in [6, 6.07) is 6.50. The Balaban J connectivity index is 1.47. The number of rotatable bonds is 7. The number of hydrazine groups is 1. The summed E-state index contributed by atoms with van der Waals surface area (Å²) in [5, 5.41) is 11.9. The van der Waals surface area contributed by atoms with Gasteiger partial charge in [-0.1, -0.05) is 11.6 Å². The monoisotopic (exact) mass is 560 g/mol. The van der Waals surface area contributed by atoms with Crippen molar-refractivity contribution in [1.82, 2.24) is 14.9 Å². The van der Waals surface area contributed by atoms with Gasteiger partial charge in [0.05, 0.1) is 51.7 Å². The number of hydrogen-bond donors (Lipinski definition) is 3. The molecule has 1 aliphatic heterocycles. The molecule has 4 rings (SSSR count). The Labute approximate surface area is 228 Å². The van der Waals surface area contributed by atoms with E-state index in [0.29, 0.717) is 16.9 Å². The van der Waals surface area contributed by atoms with Gasteiger partial charge in [-0.25, -0.2) is 5.84 Å². The average molecular weight is 561 g/mol. The molecule has 1 aromatic carbocycles. The third kappa shape index (κ3) is 6.83. The Morgan fingerprint density at radius 3 is 2.54 bits per heavy atom. The average Bonchev–Trinajstić information content (AvgIpc) is 2.89. The number of anilines is 3. The number of piperazine rings is 1. The van der Waals surface area contributed by atoms with E-state index < -0.39 is 22.7 Å². The first-order valence-corrected chi connectivity index (χ1v) is 12.4. The summed E-state index contributed by atoms with van der Waals surface area (Å²) < 4.78 is 39.5. The lowest BCUT2D eigenvalue weighted by atomic mass is 10.1. The van der Waals surface area contributed by atoms with E-state index in [1.165, 1.54) is 23.3 Å². The Kier molecular flexibility index (Phi) is 8.38. The molecule has 0 unspecified atom stereocenters. The number of aryl methyl sites for hydroxylation is 1. The standard InChI is InChI=1S/C26H28ClF3N8O/c1-16-24(10-18(13-34-16)25(39)35-19-3-4-22(27)21(11-19)26(28,29)30)38(32)15-23(31)17-9-20(14-33-12-17)37-7-5-36(2)6-8-37/h3-4,9-14,31H,5-8,15,32H2,1-2H3,(H,35,39). The lowest BCUT2D eigenvalue weighted by Gasteiger charge is -2.34. The van der Waals surface area contributed by atoms with Crippen molar-refractivity contribution in [3.05, 3.63) is 76.3 Å². The summed E-state index contributed by atoms with van der Waals surface area (Å²) in [7, 11) is 2.08. The summed E-state index contributed by atoms with van der Waals surface area (Å²) in [6.07, 6.45) is 0.0146. The second-order valence-corrected chi connectivity index (χ2v) is 9.71. The number of aromatic nitrogens is 2. The minimum Gasteiger partial charge on any atom is -0.368 e. The van der Waals surface area contributed by atoms with Gasteiger partial charge in [0.1, 0.15) is 0 Å². The van der Waals surface area contributed by atoms with Gasteiger partial charge in [-0.2, -0.15) is 13.2 Å². The van der Waals surface area contributed by atoms with E-state index in [1.54, 1.807) is 19.3 Å². The highest BCUT2D eigenvalue weighted by molar-refractivity contribution is 6.31. The molecular weight excluding hydrogens is 533 g/mol. The van der Waals surface area contributed by atoms with E-state index in [0.717, 1.165) is 44.0 Å². The maximum Gasteiger partial charge on any atom is 0.417 e. The quantitative estimate of drug-likeness (QED) is 0.225. The summed E-state index contributed by atoms with van der Waals surface area (Å²) in [5.74, 6) is 5.61. The number of alkyl halides is 3. The van der Waals surface area contributed by atoms with Gasteiger partial charge in [0.25, 0.3) is 5.91 Å². The zero-order valence-corrected chi connectivity index (χ0v) is 22.1. The normalized spacial score (nSPS) is 14.3. The highest BCUT2D eigenvalue weighted by Crippen LogP contribution is 2.36. The van der Waals surface area contributed by atoms with Crippen LogP contribution >= 0.6 is 11.6 Å². The van der Waals surface area contributed by atoms with Gasteiger partial charge < -0.3 is 25.5 Å². The molecule has 4 N–H and O–H groups in total. The molecule has 0 spiro atoms. The molecular formula is C26H28ClF3N8O. The molecule has 1 saturated heterocycles. The molecule has 3 aromatic rings. The van der Waals surface area contributed by atoms with E-state index in [1.807, 2.05) is 6.07 Å². The van der Waals surface area contributed by atoms with Crippen molar-refractivity contribution in [3.63, 3.8) is 0 Å². The molecule has 0 radical (unpaired) electrons. The SMILES string of the molecule is Cc1ncc(C(=O)Nc2ccc(Cl)c(C(F)(F)F)c2)cc1N(N)CC(=N)c1cncc(N2CCN(C)CC2)c1. The van der Waals surface area contributed by atoms with Gasteiger partial charge in [0, 0.05) is 49.8 Å². The van der Waals surface area contributed by atoms with Crippen LogP contribution in [0, 0.1) is 12.3 Å². The molecule has 1 aliphatic rings. The third-order valence-electron chi connectivity index (χ3n) is 6.43.